The van der Waals surface area contributed by atoms with E-state index in [0.29, 0.717) is 0 Å². The maximum absolute atomic E-state index is 6.08. The molecule has 1 aliphatic rings. The van der Waals surface area contributed by atoms with Gasteiger partial charge in [0.05, 0.1) is 0 Å². The van der Waals surface area contributed by atoms with Crippen molar-refractivity contribution in [2.45, 2.75) is 26.7 Å². The molecule has 1 aliphatic heterocycles. The van der Waals surface area contributed by atoms with Crippen LogP contribution in [0.5, 0.6) is 0 Å². The lowest BCUT2D eigenvalue weighted by Crippen LogP contribution is -2.50. The number of benzene rings is 1. The van der Waals surface area contributed by atoms with E-state index in [2.05, 4.69) is 35.8 Å². The number of halogens is 1. The first-order chi connectivity index (χ1) is 10.1. The Hall–Kier alpha value is -0.770. The summed E-state index contributed by atoms with van der Waals surface area (Å²) in [5.74, 6) is 0. The molecular formula is C17H28ClN3. The van der Waals surface area contributed by atoms with Crippen molar-refractivity contribution in [2.24, 2.45) is 11.1 Å². The van der Waals surface area contributed by atoms with Gasteiger partial charge in [-0.2, -0.15) is 0 Å². The van der Waals surface area contributed by atoms with Gasteiger partial charge in [0.1, 0.15) is 0 Å². The quantitative estimate of drug-likeness (QED) is 0.875. The summed E-state index contributed by atoms with van der Waals surface area (Å²) < 4.78 is 0. The average Bonchev–Trinajstić information content (AvgIpc) is 2.48. The van der Waals surface area contributed by atoms with Crippen LogP contribution in [0.15, 0.2) is 24.3 Å². The molecule has 118 valence electrons. The fraction of sp³-hybridized carbons (Fsp3) is 0.647. The molecule has 21 heavy (non-hydrogen) atoms. The van der Waals surface area contributed by atoms with E-state index in [1.165, 1.54) is 18.5 Å². The Labute approximate surface area is 134 Å². The van der Waals surface area contributed by atoms with Crippen LogP contribution < -0.4 is 10.6 Å². The Bertz CT molecular complexity index is 443. The van der Waals surface area contributed by atoms with Crippen LogP contribution in [0.1, 0.15) is 26.7 Å². The van der Waals surface area contributed by atoms with Gasteiger partial charge in [0, 0.05) is 43.4 Å². The van der Waals surface area contributed by atoms with Crippen molar-refractivity contribution in [1.82, 2.24) is 4.90 Å². The van der Waals surface area contributed by atoms with E-state index in [9.17, 15) is 0 Å². The highest BCUT2D eigenvalue weighted by atomic mass is 35.5. The molecule has 1 saturated heterocycles. The zero-order chi connectivity index (χ0) is 15.3. The molecule has 0 aromatic heterocycles. The van der Waals surface area contributed by atoms with Gasteiger partial charge in [0.25, 0.3) is 0 Å². The summed E-state index contributed by atoms with van der Waals surface area (Å²) >= 11 is 6.08. The molecule has 0 bridgehead atoms. The van der Waals surface area contributed by atoms with Crippen molar-refractivity contribution >= 4 is 17.3 Å². The first kappa shape index (κ1) is 16.6. The van der Waals surface area contributed by atoms with E-state index in [1.807, 2.05) is 12.1 Å². The lowest BCUT2D eigenvalue weighted by atomic mass is 9.85. The van der Waals surface area contributed by atoms with Crippen LogP contribution in [0.4, 0.5) is 5.69 Å². The first-order valence-electron chi connectivity index (χ1n) is 7.99. The molecule has 1 fully saturated rings. The molecule has 1 aromatic rings. The Morgan fingerprint density at radius 1 is 1.24 bits per heavy atom. The van der Waals surface area contributed by atoms with E-state index in [0.717, 1.165) is 44.3 Å². The molecule has 1 aromatic carbocycles. The minimum atomic E-state index is 0.257. The van der Waals surface area contributed by atoms with Crippen molar-refractivity contribution in [3.05, 3.63) is 29.3 Å². The Morgan fingerprint density at radius 2 is 1.95 bits per heavy atom. The molecule has 1 unspecified atom stereocenters. The molecule has 1 heterocycles. The summed E-state index contributed by atoms with van der Waals surface area (Å²) in [7, 11) is 0. The molecule has 2 rings (SSSR count). The van der Waals surface area contributed by atoms with Crippen LogP contribution in [-0.2, 0) is 0 Å². The summed E-state index contributed by atoms with van der Waals surface area (Å²) in [5, 5.41) is 0.814. The maximum atomic E-state index is 6.08. The molecule has 0 aliphatic carbocycles. The van der Waals surface area contributed by atoms with Crippen LogP contribution in [0.2, 0.25) is 5.02 Å². The zero-order valence-electron chi connectivity index (χ0n) is 13.3. The fourth-order valence-corrected chi connectivity index (χ4v) is 3.41. The highest BCUT2D eigenvalue weighted by Gasteiger charge is 2.27. The number of nitrogens with zero attached hydrogens (tertiary/aromatic N) is 2. The van der Waals surface area contributed by atoms with Gasteiger partial charge in [0.15, 0.2) is 0 Å². The molecular weight excluding hydrogens is 282 g/mol. The van der Waals surface area contributed by atoms with E-state index >= 15 is 0 Å². The Kier molecular flexibility index (Phi) is 5.91. The molecule has 2 N–H and O–H groups in total. The third-order valence-electron chi connectivity index (χ3n) is 4.50. The zero-order valence-corrected chi connectivity index (χ0v) is 14.1. The first-order valence-corrected chi connectivity index (χ1v) is 8.37. The predicted molar refractivity (Wildman–Crippen MR) is 92.2 cm³/mol. The summed E-state index contributed by atoms with van der Waals surface area (Å²) in [6, 6.07) is 8.15. The normalized spacial score (nSPS) is 19.5. The number of anilines is 1. The minimum absolute atomic E-state index is 0.257. The molecule has 0 amide bonds. The Morgan fingerprint density at radius 3 is 2.52 bits per heavy atom. The van der Waals surface area contributed by atoms with Crippen molar-refractivity contribution in [1.29, 1.82) is 0 Å². The van der Waals surface area contributed by atoms with Gasteiger partial charge >= 0.3 is 0 Å². The topological polar surface area (TPSA) is 32.5 Å². The van der Waals surface area contributed by atoms with Crippen molar-refractivity contribution in [3.8, 4) is 0 Å². The third kappa shape index (κ3) is 4.60. The molecule has 3 nitrogen and oxygen atoms in total. The van der Waals surface area contributed by atoms with Crippen molar-refractivity contribution < 1.29 is 0 Å². The van der Waals surface area contributed by atoms with Gasteiger partial charge < -0.3 is 10.6 Å². The number of nitrogens with two attached hydrogens (primary N) is 1. The van der Waals surface area contributed by atoms with E-state index < -0.39 is 0 Å². The Balaban J connectivity index is 1.88. The minimum Gasteiger partial charge on any atom is -0.369 e. The second-order valence-electron chi connectivity index (χ2n) is 6.51. The standard InChI is InChI=1S/C17H28ClN3/c1-3-7-17(2,13-19)14-20-8-10-21(11-9-20)16-6-4-5-15(18)12-16/h4-6,12H,3,7-11,13-14,19H2,1-2H3. The van der Waals surface area contributed by atoms with Gasteiger partial charge in [-0.05, 0) is 36.6 Å². The monoisotopic (exact) mass is 309 g/mol. The summed E-state index contributed by atoms with van der Waals surface area (Å²) in [5.41, 5.74) is 7.48. The van der Waals surface area contributed by atoms with Crippen LogP contribution in [-0.4, -0.2) is 44.2 Å². The highest BCUT2D eigenvalue weighted by molar-refractivity contribution is 6.30. The SMILES string of the molecule is CCCC(C)(CN)CN1CCN(c2cccc(Cl)c2)CC1. The van der Waals surface area contributed by atoms with E-state index in [4.69, 9.17) is 17.3 Å². The predicted octanol–water partition coefficient (Wildman–Crippen LogP) is 3.23. The second-order valence-corrected chi connectivity index (χ2v) is 6.94. The van der Waals surface area contributed by atoms with E-state index in [1.54, 1.807) is 0 Å². The smallest absolute Gasteiger partial charge is 0.0426 e. The van der Waals surface area contributed by atoms with Crippen LogP contribution >= 0.6 is 11.6 Å². The second kappa shape index (κ2) is 7.48. The molecule has 0 saturated carbocycles. The van der Waals surface area contributed by atoms with Crippen LogP contribution in [0.25, 0.3) is 0 Å². The maximum Gasteiger partial charge on any atom is 0.0426 e. The summed E-state index contributed by atoms with van der Waals surface area (Å²) in [4.78, 5) is 4.98. The molecule has 1 atom stereocenters. The van der Waals surface area contributed by atoms with E-state index in [-0.39, 0.29) is 5.41 Å². The molecule has 0 radical (unpaired) electrons. The van der Waals surface area contributed by atoms with Crippen LogP contribution in [0, 0.1) is 5.41 Å². The average molecular weight is 310 g/mol. The summed E-state index contributed by atoms with van der Waals surface area (Å²) in [6.45, 7) is 10.8. The largest absolute Gasteiger partial charge is 0.369 e. The number of piperazine rings is 1. The van der Waals surface area contributed by atoms with Crippen LogP contribution in [0.3, 0.4) is 0 Å². The highest BCUT2D eigenvalue weighted by Crippen LogP contribution is 2.25. The lowest BCUT2D eigenvalue weighted by Gasteiger charge is -2.40. The third-order valence-corrected chi connectivity index (χ3v) is 4.73. The van der Waals surface area contributed by atoms with Gasteiger partial charge in [-0.25, -0.2) is 0 Å². The van der Waals surface area contributed by atoms with Crippen molar-refractivity contribution in [2.75, 3.05) is 44.2 Å². The fourth-order valence-electron chi connectivity index (χ4n) is 3.23. The van der Waals surface area contributed by atoms with Gasteiger partial charge in [-0.1, -0.05) is 37.9 Å². The van der Waals surface area contributed by atoms with Crippen molar-refractivity contribution in [3.63, 3.8) is 0 Å². The molecule has 0 spiro atoms. The van der Waals surface area contributed by atoms with Gasteiger partial charge in [0.2, 0.25) is 0 Å². The van der Waals surface area contributed by atoms with Gasteiger partial charge in [-0.15, -0.1) is 0 Å². The number of rotatable bonds is 6. The summed E-state index contributed by atoms with van der Waals surface area (Å²) in [6.07, 6.45) is 2.41. The number of hydrogen-bond donors (Lipinski definition) is 1. The lowest BCUT2D eigenvalue weighted by molar-refractivity contribution is 0.152. The van der Waals surface area contributed by atoms with Gasteiger partial charge in [-0.3, -0.25) is 4.90 Å². The number of hydrogen-bond acceptors (Lipinski definition) is 3. The molecule has 4 heteroatoms.